The molecule has 0 saturated heterocycles. The van der Waals surface area contributed by atoms with Crippen molar-refractivity contribution in [3.05, 3.63) is 90.5 Å². The Balaban J connectivity index is 1.27. The number of oxazole rings is 1. The Morgan fingerprint density at radius 3 is 2.68 bits per heavy atom. The van der Waals surface area contributed by atoms with Gasteiger partial charge in [-0.3, -0.25) is 4.79 Å². The molecule has 0 aliphatic carbocycles. The largest absolute Gasteiger partial charge is 0.484 e. The number of hydrogen-bond acceptors (Lipinski definition) is 4. The Morgan fingerprint density at radius 1 is 0.971 bits per heavy atom. The molecule has 5 nitrogen and oxygen atoms in total. The van der Waals surface area contributed by atoms with Crippen LogP contribution in [-0.4, -0.2) is 17.5 Å². The van der Waals surface area contributed by atoms with E-state index in [1.807, 2.05) is 72.8 Å². The van der Waals surface area contributed by atoms with Gasteiger partial charge in [0.2, 0.25) is 5.89 Å². The van der Waals surface area contributed by atoms with Crippen molar-refractivity contribution in [1.29, 1.82) is 0 Å². The molecule has 4 aromatic carbocycles. The van der Waals surface area contributed by atoms with Gasteiger partial charge in [-0.2, -0.15) is 0 Å². The second-order valence-electron chi connectivity index (χ2n) is 8.48. The molecule has 1 heterocycles. The van der Waals surface area contributed by atoms with Crippen LogP contribution in [0.25, 0.3) is 33.3 Å². The lowest BCUT2D eigenvalue weighted by atomic mass is 9.98. The van der Waals surface area contributed by atoms with E-state index < -0.39 is 0 Å². The van der Waals surface area contributed by atoms with Crippen molar-refractivity contribution < 1.29 is 13.9 Å². The predicted octanol–water partition coefficient (Wildman–Crippen LogP) is 7.18. The molecule has 5 aromatic rings. The van der Waals surface area contributed by atoms with Gasteiger partial charge in [-0.25, -0.2) is 4.98 Å². The summed E-state index contributed by atoms with van der Waals surface area (Å²) in [5, 5.41) is 5.09. The van der Waals surface area contributed by atoms with Gasteiger partial charge in [-0.1, -0.05) is 56.3 Å². The molecule has 0 aliphatic rings. The molecule has 1 N–H and O–H groups in total. The number of anilines is 1. The van der Waals surface area contributed by atoms with E-state index in [0.717, 1.165) is 33.9 Å². The number of amides is 1. The number of rotatable bonds is 7. The molecule has 34 heavy (non-hydrogen) atoms. The number of hydrogen-bond donors (Lipinski definition) is 1. The fraction of sp³-hybridized carbons (Fsp3) is 0.172. The van der Waals surface area contributed by atoms with Gasteiger partial charge in [0.15, 0.2) is 12.2 Å². The number of carbonyl (C=O) groups is 1. The van der Waals surface area contributed by atoms with Gasteiger partial charge in [0.1, 0.15) is 11.3 Å². The summed E-state index contributed by atoms with van der Waals surface area (Å²) in [5.74, 6) is 1.42. The summed E-state index contributed by atoms with van der Waals surface area (Å²) in [5.41, 5.74) is 4.30. The van der Waals surface area contributed by atoms with Crippen LogP contribution in [-0.2, 0) is 4.79 Å². The van der Waals surface area contributed by atoms with E-state index in [9.17, 15) is 4.79 Å². The van der Waals surface area contributed by atoms with Gasteiger partial charge in [0.25, 0.3) is 5.91 Å². The number of aromatic nitrogens is 1. The molecule has 0 bridgehead atoms. The first kappa shape index (κ1) is 21.7. The van der Waals surface area contributed by atoms with Crippen LogP contribution < -0.4 is 10.1 Å². The molecule has 0 fully saturated rings. The van der Waals surface area contributed by atoms with Gasteiger partial charge >= 0.3 is 0 Å². The Morgan fingerprint density at radius 2 is 1.82 bits per heavy atom. The van der Waals surface area contributed by atoms with E-state index in [1.165, 1.54) is 5.56 Å². The standard InChI is InChI=1S/C29H26N2O3/c1-3-19(2)21-12-14-27-26(17-21)31-29(34-27)23-9-6-10-24(15-23)30-28(32)18-33-25-13-11-20-7-4-5-8-22(20)16-25/h4-17,19H,3,18H2,1-2H3,(H,30,32)/t19-/m1/s1. The number of nitrogens with zero attached hydrogens (tertiary/aromatic N) is 1. The fourth-order valence-electron chi connectivity index (χ4n) is 3.94. The molecule has 0 saturated carbocycles. The minimum Gasteiger partial charge on any atom is -0.484 e. The lowest BCUT2D eigenvalue weighted by Crippen LogP contribution is -2.20. The van der Waals surface area contributed by atoms with Gasteiger partial charge in [-0.15, -0.1) is 0 Å². The number of nitrogens with one attached hydrogen (secondary N) is 1. The highest BCUT2D eigenvalue weighted by Crippen LogP contribution is 2.29. The van der Waals surface area contributed by atoms with Gasteiger partial charge in [0.05, 0.1) is 0 Å². The fourth-order valence-corrected chi connectivity index (χ4v) is 3.94. The summed E-state index contributed by atoms with van der Waals surface area (Å²) in [6.07, 6.45) is 1.07. The van der Waals surface area contributed by atoms with E-state index in [4.69, 9.17) is 9.15 Å². The first-order chi connectivity index (χ1) is 16.6. The number of benzene rings is 4. The molecule has 5 heteroatoms. The van der Waals surface area contributed by atoms with E-state index in [0.29, 0.717) is 23.2 Å². The van der Waals surface area contributed by atoms with Crippen molar-refractivity contribution in [2.24, 2.45) is 0 Å². The van der Waals surface area contributed by atoms with Crippen LogP contribution in [0.2, 0.25) is 0 Å². The lowest BCUT2D eigenvalue weighted by Gasteiger charge is -2.09. The van der Waals surface area contributed by atoms with E-state index in [-0.39, 0.29) is 12.5 Å². The van der Waals surface area contributed by atoms with Crippen LogP contribution in [0, 0.1) is 0 Å². The van der Waals surface area contributed by atoms with Crippen LogP contribution in [0.5, 0.6) is 5.75 Å². The Bertz CT molecular complexity index is 1470. The van der Waals surface area contributed by atoms with Gasteiger partial charge < -0.3 is 14.5 Å². The van der Waals surface area contributed by atoms with Crippen LogP contribution in [0.1, 0.15) is 31.7 Å². The van der Waals surface area contributed by atoms with Crippen molar-refractivity contribution in [3.63, 3.8) is 0 Å². The SMILES string of the molecule is CC[C@@H](C)c1ccc2oc(-c3cccc(NC(=O)COc4ccc5ccccc5c4)c3)nc2c1. The molecule has 1 aromatic heterocycles. The van der Waals surface area contributed by atoms with Gasteiger partial charge in [-0.05, 0) is 71.1 Å². The second-order valence-corrected chi connectivity index (χ2v) is 8.48. The maximum atomic E-state index is 12.5. The third-order valence-corrected chi connectivity index (χ3v) is 6.08. The summed E-state index contributed by atoms with van der Waals surface area (Å²) in [6.45, 7) is 4.30. The number of ether oxygens (including phenoxy) is 1. The minimum atomic E-state index is -0.235. The molecule has 0 radical (unpaired) electrons. The Labute approximate surface area is 198 Å². The van der Waals surface area contributed by atoms with Crippen molar-refractivity contribution in [2.75, 3.05) is 11.9 Å². The molecule has 0 spiro atoms. The van der Waals surface area contributed by atoms with Crippen molar-refractivity contribution in [2.45, 2.75) is 26.2 Å². The molecule has 0 unspecified atom stereocenters. The third-order valence-electron chi connectivity index (χ3n) is 6.08. The summed E-state index contributed by atoms with van der Waals surface area (Å²) >= 11 is 0. The molecular formula is C29H26N2O3. The monoisotopic (exact) mass is 450 g/mol. The summed E-state index contributed by atoms with van der Waals surface area (Å²) in [6, 6.07) is 27.5. The number of fused-ring (bicyclic) bond motifs is 2. The van der Waals surface area contributed by atoms with E-state index in [2.05, 4.69) is 36.3 Å². The van der Waals surface area contributed by atoms with Crippen molar-refractivity contribution in [3.8, 4) is 17.2 Å². The molecule has 170 valence electrons. The van der Waals surface area contributed by atoms with Crippen LogP contribution in [0.3, 0.4) is 0 Å². The zero-order chi connectivity index (χ0) is 23.5. The quantitative estimate of drug-likeness (QED) is 0.285. The summed E-state index contributed by atoms with van der Waals surface area (Å²) in [7, 11) is 0. The van der Waals surface area contributed by atoms with E-state index in [1.54, 1.807) is 0 Å². The highest BCUT2D eigenvalue weighted by molar-refractivity contribution is 5.92. The lowest BCUT2D eigenvalue weighted by molar-refractivity contribution is -0.118. The molecule has 1 atom stereocenters. The molecule has 0 aliphatic heterocycles. The maximum absolute atomic E-state index is 12.5. The van der Waals surface area contributed by atoms with Crippen molar-refractivity contribution in [1.82, 2.24) is 4.98 Å². The van der Waals surface area contributed by atoms with Crippen LogP contribution in [0.4, 0.5) is 5.69 Å². The van der Waals surface area contributed by atoms with Crippen LogP contribution >= 0.6 is 0 Å². The summed E-state index contributed by atoms with van der Waals surface area (Å²) in [4.78, 5) is 17.2. The smallest absolute Gasteiger partial charge is 0.262 e. The zero-order valence-corrected chi connectivity index (χ0v) is 19.2. The molecule has 5 rings (SSSR count). The zero-order valence-electron chi connectivity index (χ0n) is 19.2. The molecule has 1 amide bonds. The van der Waals surface area contributed by atoms with Crippen LogP contribution in [0.15, 0.2) is 89.3 Å². The first-order valence-electron chi connectivity index (χ1n) is 11.5. The Kier molecular flexibility index (Phi) is 6.00. The average Bonchev–Trinajstić information content (AvgIpc) is 3.30. The maximum Gasteiger partial charge on any atom is 0.262 e. The average molecular weight is 451 g/mol. The topological polar surface area (TPSA) is 64.4 Å². The highest BCUT2D eigenvalue weighted by Gasteiger charge is 2.12. The predicted molar refractivity (Wildman–Crippen MR) is 136 cm³/mol. The minimum absolute atomic E-state index is 0.0795. The summed E-state index contributed by atoms with van der Waals surface area (Å²) < 4.78 is 11.7. The second kappa shape index (κ2) is 9.40. The normalized spacial score (nSPS) is 12.1. The van der Waals surface area contributed by atoms with E-state index >= 15 is 0 Å². The van der Waals surface area contributed by atoms with Gasteiger partial charge in [0, 0.05) is 11.3 Å². The first-order valence-corrected chi connectivity index (χ1v) is 11.5. The molecular weight excluding hydrogens is 424 g/mol. The highest BCUT2D eigenvalue weighted by atomic mass is 16.5. The number of carbonyl (C=O) groups excluding carboxylic acids is 1. The Hall–Kier alpha value is -4.12. The third kappa shape index (κ3) is 4.64. The van der Waals surface area contributed by atoms with Crippen molar-refractivity contribution >= 4 is 33.5 Å².